The number of para-hydroxylation sites is 1. The van der Waals surface area contributed by atoms with E-state index in [1.165, 1.54) is 0 Å². The summed E-state index contributed by atoms with van der Waals surface area (Å²) >= 11 is 0. The molecule has 5 nitrogen and oxygen atoms in total. The molecule has 34 heavy (non-hydrogen) atoms. The van der Waals surface area contributed by atoms with Gasteiger partial charge in [-0.15, -0.1) is 0 Å². The second-order valence-electron chi connectivity index (χ2n) is 8.26. The molecule has 0 bridgehead atoms. The molecule has 0 amide bonds. The van der Waals surface area contributed by atoms with Crippen LogP contribution in [0.1, 0.15) is 34.2 Å². The van der Waals surface area contributed by atoms with Gasteiger partial charge in [0.05, 0.1) is 12.6 Å². The summed E-state index contributed by atoms with van der Waals surface area (Å²) in [5, 5.41) is 1.03. The fourth-order valence-electron chi connectivity index (χ4n) is 4.29. The lowest BCUT2D eigenvalue weighted by Gasteiger charge is -2.17. The van der Waals surface area contributed by atoms with Crippen molar-refractivity contribution >= 4 is 16.7 Å². The van der Waals surface area contributed by atoms with Gasteiger partial charge in [-0.05, 0) is 54.3 Å². The number of rotatable bonds is 8. The Morgan fingerprint density at radius 1 is 0.941 bits per heavy atom. The van der Waals surface area contributed by atoms with Gasteiger partial charge < -0.3 is 4.74 Å². The molecule has 0 unspecified atom stereocenters. The number of nitrogens with zero attached hydrogens (tertiary/aromatic N) is 3. The van der Waals surface area contributed by atoms with Crippen molar-refractivity contribution in [1.29, 1.82) is 0 Å². The Hall–Kier alpha value is -4.25. The molecular weight excluding hydrogens is 422 g/mol. The van der Waals surface area contributed by atoms with Gasteiger partial charge in [0.2, 0.25) is 0 Å². The van der Waals surface area contributed by atoms with Crippen LogP contribution in [0.3, 0.4) is 0 Å². The van der Waals surface area contributed by atoms with Crippen LogP contribution in [0.4, 0.5) is 0 Å². The standard InChI is InChI=1S/C29H25N3O2/c1-34-26-14-15-27-22(19-26)12-13-24(31-27)18-23(21-8-4-2-5-9-21)20-28(33)29-30-16-17-32(29)25-10-6-3-7-11-25/h2-17,19,23H,18,20H2,1H3/t23-/m1/s1. The van der Waals surface area contributed by atoms with Crippen molar-refractivity contribution in [2.75, 3.05) is 7.11 Å². The lowest BCUT2D eigenvalue weighted by molar-refractivity contribution is 0.0961. The highest BCUT2D eigenvalue weighted by Gasteiger charge is 2.22. The van der Waals surface area contributed by atoms with E-state index in [-0.39, 0.29) is 11.7 Å². The number of methoxy groups -OCH3 is 1. The van der Waals surface area contributed by atoms with Crippen LogP contribution in [-0.2, 0) is 6.42 Å². The van der Waals surface area contributed by atoms with E-state index in [0.29, 0.717) is 18.7 Å². The number of hydrogen-bond donors (Lipinski definition) is 0. The number of fused-ring (bicyclic) bond motifs is 1. The number of carbonyl (C=O) groups excluding carboxylic acids is 1. The number of hydrogen-bond acceptors (Lipinski definition) is 4. The molecule has 2 aromatic heterocycles. The third-order valence-electron chi connectivity index (χ3n) is 6.04. The molecule has 5 heteroatoms. The predicted octanol–water partition coefficient (Wildman–Crippen LogP) is 6.03. The van der Waals surface area contributed by atoms with Crippen LogP contribution in [0, 0.1) is 0 Å². The van der Waals surface area contributed by atoms with Crippen LogP contribution in [-0.4, -0.2) is 27.4 Å². The molecule has 0 radical (unpaired) electrons. The van der Waals surface area contributed by atoms with Gasteiger partial charge in [0, 0.05) is 35.6 Å². The third-order valence-corrected chi connectivity index (χ3v) is 6.04. The number of aromatic nitrogens is 3. The minimum Gasteiger partial charge on any atom is -0.497 e. The summed E-state index contributed by atoms with van der Waals surface area (Å²) in [7, 11) is 1.66. The number of benzene rings is 3. The zero-order valence-electron chi connectivity index (χ0n) is 19.0. The van der Waals surface area contributed by atoms with E-state index in [1.54, 1.807) is 13.3 Å². The van der Waals surface area contributed by atoms with Crippen molar-refractivity contribution in [3.8, 4) is 11.4 Å². The van der Waals surface area contributed by atoms with Gasteiger partial charge in [0.15, 0.2) is 11.6 Å². The first-order chi connectivity index (χ1) is 16.7. The molecule has 0 spiro atoms. The lowest BCUT2D eigenvalue weighted by atomic mass is 9.89. The Morgan fingerprint density at radius 2 is 1.71 bits per heavy atom. The fraction of sp³-hybridized carbons (Fsp3) is 0.138. The van der Waals surface area contributed by atoms with E-state index in [2.05, 4.69) is 23.2 Å². The van der Waals surface area contributed by atoms with E-state index in [9.17, 15) is 4.79 Å². The summed E-state index contributed by atoms with van der Waals surface area (Å²) in [5.41, 5.74) is 3.90. The topological polar surface area (TPSA) is 57.0 Å². The zero-order chi connectivity index (χ0) is 23.3. The summed E-state index contributed by atoms with van der Waals surface area (Å²) < 4.78 is 7.18. The maximum absolute atomic E-state index is 13.4. The van der Waals surface area contributed by atoms with Crippen molar-refractivity contribution in [2.45, 2.75) is 18.8 Å². The molecule has 0 N–H and O–H groups in total. The molecular formula is C29H25N3O2. The van der Waals surface area contributed by atoms with Gasteiger partial charge in [0.25, 0.3) is 0 Å². The molecule has 0 aliphatic heterocycles. The molecule has 5 rings (SSSR count). The minimum atomic E-state index is -0.0159. The number of pyridine rings is 1. The first kappa shape index (κ1) is 21.6. The van der Waals surface area contributed by atoms with Crippen molar-refractivity contribution in [1.82, 2.24) is 14.5 Å². The van der Waals surface area contributed by atoms with Crippen molar-refractivity contribution in [2.24, 2.45) is 0 Å². The Bertz CT molecular complexity index is 1410. The van der Waals surface area contributed by atoms with Crippen LogP contribution in [0.2, 0.25) is 0 Å². The highest BCUT2D eigenvalue weighted by Crippen LogP contribution is 2.27. The third kappa shape index (κ3) is 4.59. The van der Waals surface area contributed by atoms with Gasteiger partial charge in [-0.3, -0.25) is 14.3 Å². The van der Waals surface area contributed by atoms with Crippen LogP contribution in [0.5, 0.6) is 5.75 Å². The number of imidazole rings is 1. The molecule has 0 saturated carbocycles. The molecule has 3 aromatic carbocycles. The van der Waals surface area contributed by atoms with Gasteiger partial charge in [0.1, 0.15) is 5.75 Å². The maximum Gasteiger partial charge on any atom is 0.199 e. The van der Waals surface area contributed by atoms with Crippen LogP contribution in [0.15, 0.2) is 103 Å². The first-order valence-electron chi connectivity index (χ1n) is 11.3. The normalized spacial score (nSPS) is 11.9. The van der Waals surface area contributed by atoms with Crippen molar-refractivity contribution < 1.29 is 9.53 Å². The number of Topliss-reactive ketones (excluding diaryl/α,β-unsaturated/α-hetero) is 1. The van der Waals surface area contributed by atoms with Crippen LogP contribution in [0.25, 0.3) is 16.6 Å². The highest BCUT2D eigenvalue weighted by molar-refractivity contribution is 5.94. The summed E-state index contributed by atoms with van der Waals surface area (Å²) in [5.74, 6) is 1.25. The molecule has 0 saturated heterocycles. The smallest absolute Gasteiger partial charge is 0.199 e. The fourth-order valence-corrected chi connectivity index (χ4v) is 4.29. The molecule has 168 valence electrons. The van der Waals surface area contributed by atoms with Gasteiger partial charge in [-0.25, -0.2) is 4.98 Å². The van der Waals surface area contributed by atoms with Gasteiger partial charge >= 0.3 is 0 Å². The summed E-state index contributed by atoms with van der Waals surface area (Å²) in [4.78, 5) is 22.7. The second-order valence-corrected chi connectivity index (χ2v) is 8.26. The quantitative estimate of drug-likeness (QED) is 0.273. The molecule has 5 aromatic rings. The van der Waals surface area contributed by atoms with Gasteiger partial charge in [-0.2, -0.15) is 0 Å². The highest BCUT2D eigenvalue weighted by atomic mass is 16.5. The molecule has 0 fully saturated rings. The summed E-state index contributed by atoms with van der Waals surface area (Å²) in [6.45, 7) is 0. The minimum absolute atomic E-state index is 0.00762. The molecule has 0 aliphatic rings. The molecule has 0 aliphatic carbocycles. The maximum atomic E-state index is 13.4. The largest absolute Gasteiger partial charge is 0.497 e. The lowest BCUT2D eigenvalue weighted by Crippen LogP contribution is -2.15. The molecule has 2 heterocycles. The number of ether oxygens (including phenoxy) is 1. The second kappa shape index (κ2) is 9.71. The van der Waals surface area contributed by atoms with E-state index < -0.39 is 0 Å². The van der Waals surface area contributed by atoms with Crippen LogP contribution >= 0.6 is 0 Å². The van der Waals surface area contributed by atoms with E-state index in [0.717, 1.165) is 33.6 Å². The predicted molar refractivity (Wildman–Crippen MR) is 134 cm³/mol. The van der Waals surface area contributed by atoms with E-state index in [4.69, 9.17) is 9.72 Å². The number of ketones is 1. The van der Waals surface area contributed by atoms with Crippen LogP contribution < -0.4 is 4.74 Å². The van der Waals surface area contributed by atoms with Gasteiger partial charge in [-0.1, -0.05) is 54.6 Å². The van der Waals surface area contributed by atoms with Crippen molar-refractivity contribution in [3.05, 3.63) is 120 Å². The number of carbonyl (C=O) groups is 1. The zero-order valence-corrected chi connectivity index (χ0v) is 19.0. The summed E-state index contributed by atoms with van der Waals surface area (Å²) in [6.07, 6.45) is 4.51. The Morgan fingerprint density at radius 3 is 2.47 bits per heavy atom. The molecule has 1 atom stereocenters. The average molecular weight is 448 g/mol. The summed E-state index contributed by atoms with van der Waals surface area (Å²) in [6, 6.07) is 29.9. The monoisotopic (exact) mass is 447 g/mol. The van der Waals surface area contributed by atoms with Crippen molar-refractivity contribution in [3.63, 3.8) is 0 Å². The Kier molecular flexibility index (Phi) is 6.17. The SMILES string of the molecule is COc1ccc2nc(C[C@H](CC(=O)c3nccn3-c3ccccc3)c3ccccc3)ccc2c1. The first-order valence-corrected chi connectivity index (χ1v) is 11.3. The Balaban J connectivity index is 1.43. The Labute approximate surface area is 198 Å². The van der Waals surface area contributed by atoms with E-state index in [1.807, 2.05) is 83.6 Å². The van der Waals surface area contributed by atoms with E-state index >= 15 is 0 Å². The average Bonchev–Trinajstić information content (AvgIpc) is 3.39.